The number of aliphatic imine (C=N–C) groups is 1. The van der Waals surface area contributed by atoms with Gasteiger partial charge in [-0.05, 0) is 13.0 Å². The van der Waals surface area contributed by atoms with Gasteiger partial charge in [-0.3, -0.25) is 4.79 Å². The minimum absolute atomic E-state index is 0.0808. The summed E-state index contributed by atoms with van der Waals surface area (Å²) >= 11 is 0. The maximum absolute atomic E-state index is 11.5. The van der Waals surface area contributed by atoms with E-state index in [0.29, 0.717) is 17.9 Å². The first kappa shape index (κ1) is 11.3. The lowest BCUT2D eigenvalue weighted by atomic mass is 10.1. The second-order valence-corrected chi connectivity index (χ2v) is 3.66. The molecule has 88 valence electrons. The molecule has 0 radical (unpaired) electrons. The molecule has 0 unspecified atom stereocenters. The summed E-state index contributed by atoms with van der Waals surface area (Å²) in [6, 6.07) is 0. The van der Waals surface area contributed by atoms with Crippen LogP contribution in [0.5, 0.6) is 0 Å². The number of hydrogen-bond donors (Lipinski definition) is 1. The van der Waals surface area contributed by atoms with Gasteiger partial charge in [0.05, 0.1) is 11.3 Å². The Bertz CT molecular complexity index is 511. The molecule has 0 fully saturated rings. The summed E-state index contributed by atoms with van der Waals surface area (Å²) in [4.78, 5) is 15.7. The molecule has 1 N–H and O–H groups in total. The third kappa shape index (κ3) is 2.33. The summed E-state index contributed by atoms with van der Waals surface area (Å²) < 4.78 is 1.54. The average molecular weight is 230 g/mol. The number of rotatable bonds is 3. The van der Waals surface area contributed by atoms with E-state index in [2.05, 4.69) is 22.0 Å². The Labute approximate surface area is 99.5 Å². The first-order valence-corrected chi connectivity index (χ1v) is 5.43. The summed E-state index contributed by atoms with van der Waals surface area (Å²) in [5, 5.41) is 7.07. The zero-order valence-corrected chi connectivity index (χ0v) is 9.68. The number of fused-ring (bicyclic) bond motifs is 1. The van der Waals surface area contributed by atoms with Gasteiger partial charge < -0.3 is 5.32 Å². The van der Waals surface area contributed by atoms with Gasteiger partial charge in [-0.2, -0.15) is 5.10 Å². The van der Waals surface area contributed by atoms with Crippen molar-refractivity contribution in [2.75, 3.05) is 6.54 Å². The summed E-state index contributed by atoms with van der Waals surface area (Å²) in [7, 11) is 0. The molecule has 17 heavy (non-hydrogen) atoms. The molecule has 0 atom stereocenters. The van der Waals surface area contributed by atoms with Crippen LogP contribution < -0.4 is 5.32 Å². The molecule has 0 saturated heterocycles. The number of carbonyl (C=O) groups excluding carboxylic acids is 1. The van der Waals surface area contributed by atoms with Crippen molar-refractivity contribution in [1.29, 1.82) is 0 Å². The van der Waals surface area contributed by atoms with E-state index in [1.807, 2.05) is 13.0 Å². The van der Waals surface area contributed by atoms with Gasteiger partial charge in [0, 0.05) is 25.4 Å². The van der Waals surface area contributed by atoms with Crippen LogP contribution in [0.25, 0.3) is 5.82 Å². The average Bonchev–Trinajstić information content (AvgIpc) is 2.75. The molecule has 1 aromatic heterocycles. The van der Waals surface area contributed by atoms with E-state index >= 15 is 0 Å². The van der Waals surface area contributed by atoms with Crippen LogP contribution in [0.15, 0.2) is 29.9 Å². The number of nitrogens with zero attached hydrogens (tertiary/aromatic N) is 3. The largest absolute Gasteiger partial charge is 0.352 e. The molecule has 1 aliphatic rings. The Morgan fingerprint density at radius 1 is 1.71 bits per heavy atom. The van der Waals surface area contributed by atoms with Gasteiger partial charge in [0.25, 0.3) is 5.91 Å². The number of allylic oxidation sites excluding steroid dienone is 2. The van der Waals surface area contributed by atoms with Crippen molar-refractivity contribution < 1.29 is 4.79 Å². The minimum atomic E-state index is -0.0808. The lowest BCUT2D eigenvalue weighted by molar-refractivity contribution is 0.0946. The normalized spacial score (nSPS) is 15.2. The first-order chi connectivity index (χ1) is 8.22. The molecule has 1 aliphatic heterocycles. The first-order valence-electron chi connectivity index (χ1n) is 5.43. The van der Waals surface area contributed by atoms with Gasteiger partial charge in [0.15, 0.2) is 0 Å². The maximum Gasteiger partial charge on any atom is 0.254 e. The number of carbonyl (C=O) groups is 1. The molecule has 1 amide bonds. The summed E-state index contributed by atoms with van der Waals surface area (Å²) in [6.07, 6.45) is 7.74. The van der Waals surface area contributed by atoms with E-state index in [1.165, 1.54) is 4.68 Å². The third-order valence-electron chi connectivity index (χ3n) is 2.45. The van der Waals surface area contributed by atoms with Crippen LogP contribution in [-0.4, -0.2) is 28.4 Å². The third-order valence-corrected chi connectivity index (χ3v) is 2.45. The van der Waals surface area contributed by atoms with Crippen molar-refractivity contribution in [2.45, 2.75) is 13.3 Å². The van der Waals surface area contributed by atoms with Gasteiger partial charge in [0.1, 0.15) is 5.82 Å². The molecule has 2 heterocycles. The van der Waals surface area contributed by atoms with E-state index in [9.17, 15) is 4.79 Å². The predicted molar refractivity (Wildman–Crippen MR) is 66.9 cm³/mol. The quantitative estimate of drug-likeness (QED) is 0.794. The zero-order chi connectivity index (χ0) is 12.3. The summed E-state index contributed by atoms with van der Waals surface area (Å²) in [5.74, 6) is 0.410. The topological polar surface area (TPSA) is 59.3 Å². The number of amides is 1. The molecular weight excluding hydrogens is 216 g/mol. The Hall–Kier alpha value is -2.17. The Balaban J connectivity index is 2.23. The van der Waals surface area contributed by atoms with E-state index in [1.54, 1.807) is 18.5 Å². The van der Waals surface area contributed by atoms with Crippen LogP contribution in [0, 0.1) is 0 Å². The van der Waals surface area contributed by atoms with E-state index < -0.39 is 0 Å². The molecule has 2 rings (SSSR count). The molecule has 0 spiro atoms. The SMILES string of the molecule is C=C(/N=C\C=C/C)n1cc2c(n1)CCNC2=O. The highest BCUT2D eigenvalue weighted by atomic mass is 16.1. The van der Waals surface area contributed by atoms with Gasteiger partial charge in [0.2, 0.25) is 0 Å². The molecule has 0 aliphatic carbocycles. The van der Waals surface area contributed by atoms with Crippen LogP contribution in [0.2, 0.25) is 0 Å². The number of nitrogens with one attached hydrogen (secondary N) is 1. The maximum atomic E-state index is 11.5. The van der Waals surface area contributed by atoms with Gasteiger partial charge in [-0.25, -0.2) is 9.67 Å². The number of aromatic nitrogens is 2. The Morgan fingerprint density at radius 2 is 2.53 bits per heavy atom. The van der Waals surface area contributed by atoms with Crippen molar-refractivity contribution in [3.8, 4) is 0 Å². The highest BCUT2D eigenvalue weighted by Crippen LogP contribution is 2.14. The van der Waals surface area contributed by atoms with Crippen molar-refractivity contribution in [3.05, 3.63) is 36.2 Å². The van der Waals surface area contributed by atoms with Crippen molar-refractivity contribution in [3.63, 3.8) is 0 Å². The fraction of sp³-hybridized carbons (Fsp3) is 0.250. The highest BCUT2D eigenvalue weighted by Gasteiger charge is 2.20. The minimum Gasteiger partial charge on any atom is -0.352 e. The molecule has 0 bridgehead atoms. The van der Waals surface area contributed by atoms with Crippen LogP contribution in [0.3, 0.4) is 0 Å². The van der Waals surface area contributed by atoms with Gasteiger partial charge in [-0.1, -0.05) is 12.7 Å². The Kier molecular flexibility index (Phi) is 3.18. The molecule has 0 saturated carbocycles. The van der Waals surface area contributed by atoms with Gasteiger partial charge in [-0.15, -0.1) is 0 Å². The lowest BCUT2D eigenvalue weighted by Crippen LogP contribution is -2.31. The second-order valence-electron chi connectivity index (χ2n) is 3.66. The van der Waals surface area contributed by atoms with Crippen LogP contribution >= 0.6 is 0 Å². The van der Waals surface area contributed by atoms with Crippen LogP contribution in [0.4, 0.5) is 0 Å². The van der Waals surface area contributed by atoms with E-state index in [4.69, 9.17) is 0 Å². The lowest BCUT2D eigenvalue weighted by Gasteiger charge is -2.09. The molecular formula is C12H14N4O. The van der Waals surface area contributed by atoms with Crippen molar-refractivity contribution in [1.82, 2.24) is 15.1 Å². The van der Waals surface area contributed by atoms with Gasteiger partial charge >= 0.3 is 0 Å². The van der Waals surface area contributed by atoms with Crippen LogP contribution in [-0.2, 0) is 6.42 Å². The van der Waals surface area contributed by atoms with Crippen molar-refractivity contribution >= 4 is 17.9 Å². The predicted octanol–water partition coefficient (Wildman–Crippen LogP) is 1.24. The molecule has 0 aromatic carbocycles. The number of hydrogen-bond acceptors (Lipinski definition) is 3. The fourth-order valence-corrected chi connectivity index (χ4v) is 1.58. The van der Waals surface area contributed by atoms with Crippen molar-refractivity contribution in [2.24, 2.45) is 4.99 Å². The highest BCUT2D eigenvalue weighted by molar-refractivity contribution is 5.96. The van der Waals surface area contributed by atoms with Crippen LogP contribution in [0.1, 0.15) is 23.0 Å². The Morgan fingerprint density at radius 3 is 3.24 bits per heavy atom. The van der Waals surface area contributed by atoms with E-state index in [-0.39, 0.29) is 5.91 Å². The monoisotopic (exact) mass is 230 g/mol. The summed E-state index contributed by atoms with van der Waals surface area (Å²) in [5.41, 5.74) is 1.41. The van der Waals surface area contributed by atoms with E-state index in [0.717, 1.165) is 12.1 Å². The molecule has 5 nitrogen and oxygen atoms in total. The smallest absolute Gasteiger partial charge is 0.254 e. The zero-order valence-electron chi connectivity index (χ0n) is 9.68. The standard InChI is InChI=1S/C12H14N4O/c1-3-4-6-13-9(2)16-8-10-11(15-16)5-7-14-12(10)17/h3-4,6,8H,2,5,7H2,1H3,(H,14,17)/b4-3-,13-6-. The summed E-state index contributed by atoms with van der Waals surface area (Å²) in [6.45, 7) is 6.35. The molecule has 5 heteroatoms. The second kappa shape index (κ2) is 4.78. The molecule has 1 aromatic rings. The fourth-order valence-electron chi connectivity index (χ4n) is 1.58.